The van der Waals surface area contributed by atoms with Crippen molar-refractivity contribution in [3.63, 3.8) is 0 Å². The summed E-state index contributed by atoms with van der Waals surface area (Å²) >= 11 is 0. The summed E-state index contributed by atoms with van der Waals surface area (Å²) in [5.41, 5.74) is 2.64. The lowest BCUT2D eigenvalue weighted by Gasteiger charge is -2.37. The highest BCUT2D eigenvalue weighted by Crippen LogP contribution is 2.53. The average Bonchev–Trinajstić information content (AvgIpc) is 2.78. The van der Waals surface area contributed by atoms with Crippen LogP contribution in [0.2, 0.25) is 0 Å². The molecular formula is C19H21NO5. The first-order chi connectivity index (χ1) is 12.0. The van der Waals surface area contributed by atoms with Gasteiger partial charge in [0.15, 0.2) is 23.0 Å². The molecule has 0 spiro atoms. The number of aromatic hydroxyl groups is 1. The maximum atomic E-state index is 10.6. The molecule has 2 aromatic rings. The minimum absolute atomic E-state index is 0.0255. The van der Waals surface area contributed by atoms with Crippen molar-refractivity contribution in [2.75, 3.05) is 27.8 Å². The topological polar surface area (TPSA) is 71.4 Å². The van der Waals surface area contributed by atoms with Crippen LogP contribution < -0.4 is 14.2 Å². The lowest BCUT2D eigenvalue weighted by molar-refractivity contribution is 0.0832. The number of fused-ring (bicyclic) bond motifs is 1. The van der Waals surface area contributed by atoms with Crippen LogP contribution in [0.4, 0.5) is 0 Å². The molecule has 2 aliphatic rings. The molecule has 2 atom stereocenters. The summed E-state index contributed by atoms with van der Waals surface area (Å²) in [5, 5.41) is 21.1. The molecule has 6 heteroatoms. The van der Waals surface area contributed by atoms with Crippen LogP contribution in [0.3, 0.4) is 0 Å². The Balaban J connectivity index is 1.98. The van der Waals surface area contributed by atoms with Crippen molar-refractivity contribution in [3.8, 4) is 28.7 Å². The largest absolute Gasteiger partial charge is 0.502 e. The van der Waals surface area contributed by atoms with Gasteiger partial charge in [0.05, 0.1) is 20.3 Å². The van der Waals surface area contributed by atoms with Gasteiger partial charge in [-0.3, -0.25) is 4.90 Å². The van der Waals surface area contributed by atoms with E-state index in [1.807, 2.05) is 19.2 Å². The molecule has 2 N–H and O–H groups in total. The van der Waals surface area contributed by atoms with Crippen molar-refractivity contribution in [1.82, 2.24) is 4.90 Å². The second-order valence-electron chi connectivity index (χ2n) is 6.48. The van der Waals surface area contributed by atoms with E-state index in [1.54, 1.807) is 19.2 Å². The smallest absolute Gasteiger partial charge is 0.201 e. The maximum absolute atomic E-state index is 10.6. The van der Waals surface area contributed by atoms with Crippen LogP contribution in [-0.2, 0) is 6.42 Å². The number of rotatable bonds is 2. The molecule has 4 rings (SSSR count). The summed E-state index contributed by atoms with van der Waals surface area (Å²) in [5.74, 6) is 1.82. The summed E-state index contributed by atoms with van der Waals surface area (Å²) in [7, 11) is 5.07. The van der Waals surface area contributed by atoms with Gasteiger partial charge >= 0.3 is 0 Å². The van der Waals surface area contributed by atoms with E-state index in [0.29, 0.717) is 36.0 Å². The molecule has 2 aromatic carbocycles. The molecule has 6 nitrogen and oxygen atoms in total. The first-order valence-electron chi connectivity index (χ1n) is 8.21. The first-order valence-corrected chi connectivity index (χ1v) is 8.21. The minimum atomic E-state index is -0.589. The fraction of sp³-hybridized carbons (Fsp3) is 0.368. The fourth-order valence-corrected chi connectivity index (χ4v) is 3.82. The second kappa shape index (κ2) is 5.82. The van der Waals surface area contributed by atoms with E-state index in [2.05, 4.69) is 4.90 Å². The third kappa shape index (κ3) is 2.33. The number of benzene rings is 2. The highest BCUT2D eigenvalue weighted by atomic mass is 16.5. The fourth-order valence-electron chi connectivity index (χ4n) is 3.82. The number of methoxy groups -OCH3 is 2. The van der Waals surface area contributed by atoms with Crippen LogP contribution in [0.5, 0.6) is 28.7 Å². The first kappa shape index (κ1) is 16.1. The van der Waals surface area contributed by atoms with Crippen molar-refractivity contribution in [3.05, 3.63) is 41.0 Å². The molecule has 2 heterocycles. The molecule has 25 heavy (non-hydrogen) atoms. The van der Waals surface area contributed by atoms with Gasteiger partial charge < -0.3 is 24.4 Å². The maximum Gasteiger partial charge on any atom is 0.201 e. The third-order valence-electron chi connectivity index (χ3n) is 5.11. The number of hydrogen-bond acceptors (Lipinski definition) is 6. The highest BCUT2D eigenvalue weighted by molar-refractivity contribution is 5.63. The molecule has 2 aliphatic heterocycles. The number of aliphatic hydroxyl groups is 1. The predicted octanol–water partition coefficient (Wildman–Crippen LogP) is 2.78. The molecule has 0 radical (unpaired) electrons. The van der Waals surface area contributed by atoms with Crippen molar-refractivity contribution in [2.45, 2.75) is 18.6 Å². The third-order valence-corrected chi connectivity index (χ3v) is 5.11. The van der Waals surface area contributed by atoms with Gasteiger partial charge in [-0.15, -0.1) is 0 Å². The minimum Gasteiger partial charge on any atom is -0.502 e. The Bertz CT molecular complexity index is 835. The SMILES string of the molecule is COc1ccc2c(c1O)Oc1c(OC)ccc3c1[C@H](C2)N(C)C[C@@H]3O. The molecule has 0 saturated carbocycles. The number of nitrogens with zero attached hydrogens (tertiary/aromatic N) is 1. The summed E-state index contributed by atoms with van der Waals surface area (Å²) in [6, 6.07) is 7.36. The van der Waals surface area contributed by atoms with Gasteiger partial charge in [0.1, 0.15) is 0 Å². The summed E-state index contributed by atoms with van der Waals surface area (Å²) in [6.07, 6.45) is 0.0670. The Morgan fingerprint density at radius 3 is 2.52 bits per heavy atom. The zero-order chi connectivity index (χ0) is 17.7. The molecule has 132 valence electrons. The number of phenolic OH excluding ortho intramolecular Hbond substituents is 1. The Morgan fingerprint density at radius 2 is 1.80 bits per heavy atom. The zero-order valence-electron chi connectivity index (χ0n) is 14.4. The molecule has 0 saturated heterocycles. The van der Waals surface area contributed by atoms with Crippen molar-refractivity contribution < 1.29 is 24.4 Å². The number of phenols is 1. The molecule has 0 aromatic heterocycles. The van der Waals surface area contributed by atoms with E-state index < -0.39 is 6.10 Å². The Kier molecular flexibility index (Phi) is 3.74. The number of ether oxygens (including phenoxy) is 3. The van der Waals surface area contributed by atoms with Crippen LogP contribution in [0, 0.1) is 0 Å². The van der Waals surface area contributed by atoms with E-state index >= 15 is 0 Å². The van der Waals surface area contributed by atoms with E-state index in [0.717, 1.165) is 16.7 Å². The van der Waals surface area contributed by atoms with E-state index in [-0.39, 0.29) is 11.8 Å². The monoisotopic (exact) mass is 343 g/mol. The van der Waals surface area contributed by atoms with Gasteiger partial charge in [-0.1, -0.05) is 12.1 Å². The zero-order valence-corrected chi connectivity index (χ0v) is 14.4. The highest BCUT2D eigenvalue weighted by Gasteiger charge is 2.38. The van der Waals surface area contributed by atoms with E-state index in [4.69, 9.17) is 14.2 Å². The van der Waals surface area contributed by atoms with Crippen LogP contribution in [0.1, 0.15) is 28.8 Å². The van der Waals surface area contributed by atoms with Gasteiger partial charge in [0, 0.05) is 23.7 Å². The van der Waals surface area contributed by atoms with Crippen LogP contribution in [0.15, 0.2) is 24.3 Å². The normalized spacial score (nSPS) is 21.6. The Labute approximate surface area is 146 Å². The van der Waals surface area contributed by atoms with Gasteiger partial charge in [0.25, 0.3) is 0 Å². The average molecular weight is 343 g/mol. The van der Waals surface area contributed by atoms with E-state index in [1.165, 1.54) is 7.11 Å². The van der Waals surface area contributed by atoms with Crippen LogP contribution in [-0.4, -0.2) is 42.9 Å². The second-order valence-corrected chi connectivity index (χ2v) is 6.48. The molecule has 0 aliphatic carbocycles. The number of likely N-dealkylation sites (N-methyl/N-ethyl adjacent to an activating group) is 1. The molecule has 0 amide bonds. The molecular weight excluding hydrogens is 322 g/mol. The van der Waals surface area contributed by atoms with Crippen molar-refractivity contribution >= 4 is 0 Å². The number of β-amino-alcohol motifs (C(OH)–C–C–N with tert-alkyl or cyclic N) is 1. The summed E-state index contributed by atoms with van der Waals surface area (Å²) < 4.78 is 16.8. The van der Waals surface area contributed by atoms with Gasteiger partial charge in [-0.25, -0.2) is 0 Å². The summed E-state index contributed by atoms with van der Waals surface area (Å²) in [6.45, 7) is 0.543. The lowest BCUT2D eigenvalue weighted by atomic mass is 9.87. The molecule has 0 bridgehead atoms. The Morgan fingerprint density at radius 1 is 1.08 bits per heavy atom. The summed E-state index contributed by atoms with van der Waals surface area (Å²) in [4.78, 5) is 2.11. The Hall–Kier alpha value is -2.44. The van der Waals surface area contributed by atoms with Crippen LogP contribution in [0.25, 0.3) is 0 Å². The lowest BCUT2D eigenvalue weighted by Crippen LogP contribution is -2.35. The van der Waals surface area contributed by atoms with Crippen molar-refractivity contribution in [1.29, 1.82) is 0 Å². The van der Waals surface area contributed by atoms with Crippen molar-refractivity contribution in [2.24, 2.45) is 0 Å². The number of hydrogen-bond donors (Lipinski definition) is 2. The van der Waals surface area contributed by atoms with Gasteiger partial charge in [-0.05, 0) is 31.2 Å². The predicted molar refractivity (Wildman–Crippen MR) is 91.8 cm³/mol. The van der Waals surface area contributed by atoms with Gasteiger partial charge in [-0.2, -0.15) is 0 Å². The van der Waals surface area contributed by atoms with E-state index in [9.17, 15) is 10.2 Å². The standard InChI is InChI=1S/C19H21NO5/c1-20-9-13(21)11-5-7-15(24-3)19-16(11)12(20)8-10-4-6-14(23-2)17(22)18(10)25-19/h4-7,12-13,21-22H,8-9H2,1-3H3/t12-,13-/m0/s1. The van der Waals surface area contributed by atoms with Gasteiger partial charge in [0.2, 0.25) is 5.75 Å². The quantitative estimate of drug-likeness (QED) is 0.874. The molecule has 0 unspecified atom stereocenters. The number of aliphatic hydroxyl groups excluding tert-OH is 1. The van der Waals surface area contributed by atoms with Crippen LogP contribution >= 0.6 is 0 Å². The molecule has 0 fully saturated rings.